The van der Waals surface area contributed by atoms with E-state index in [1.807, 2.05) is 25.1 Å². The lowest BCUT2D eigenvalue weighted by Gasteiger charge is -2.13. The number of benzene rings is 1. The molecule has 0 bridgehead atoms. The lowest BCUT2D eigenvalue weighted by molar-refractivity contribution is 0.0995. The van der Waals surface area contributed by atoms with Crippen molar-refractivity contribution in [1.29, 1.82) is 0 Å². The van der Waals surface area contributed by atoms with E-state index in [4.69, 9.17) is 22.7 Å². The Kier molecular flexibility index (Phi) is 4.62. The Bertz CT molecular complexity index is 726. The summed E-state index contributed by atoms with van der Waals surface area (Å²) in [4.78, 5) is 11.3. The normalized spacial score (nSPS) is 10.1. The number of amides is 1. The van der Waals surface area contributed by atoms with Gasteiger partial charge in [0.25, 0.3) is 5.91 Å². The van der Waals surface area contributed by atoms with Crippen molar-refractivity contribution in [1.82, 2.24) is 9.78 Å². The number of anilines is 2. The first-order valence-electron chi connectivity index (χ1n) is 6.47. The molecule has 0 saturated carbocycles. The van der Waals surface area contributed by atoms with Gasteiger partial charge in [-0.2, -0.15) is 5.10 Å². The summed E-state index contributed by atoms with van der Waals surface area (Å²) in [5.74, 6) is 0.0371. The predicted molar refractivity (Wildman–Crippen MR) is 89.3 cm³/mol. The van der Waals surface area contributed by atoms with E-state index in [2.05, 4.69) is 15.7 Å². The summed E-state index contributed by atoms with van der Waals surface area (Å²) in [6.45, 7) is 1.97. The summed E-state index contributed by atoms with van der Waals surface area (Å²) >= 11 is 5.26. The molecular formula is C14H17N5O2S. The molecule has 2 aromatic rings. The van der Waals surface area contributed by atoms with Gasteiger partial charge in [0.15, 0.2) is 10.8 Å². The predicted octanol–water partition coefficient (Wildman–Crippen LogP) is 1.64. The fourth-order valence-electron chi connectivity index (χ4n) is 1.96. The number of ether oxygens (including phenoxy) is 1. The van der Waals surface area contributed by atoms with Crippen LogP contribution in [0.2, 0.25) is 0 Å². The lowest BCUT2D eigenvalue weighted by Crippen LogP contribution is -2.22. The number of primary amides is 1. The Morgan fingerprint density at radius 1 is 1.36 bits per heavy atom. The number of hydrogen-bond donors (Lipinski definition) is 3. The molecule has 1 aromatic carbocycles. The van der Waals surface area contributed by atoms with E-state index in [0.717, 1.165) is 11.3 Å². The van der Waals surface area contributed by atoms with Gasteiger partial charge in [-0.15, -0.1) is 0 Å². The van der Waals surface area contributed by atoms with Crippen LogP contribution in [0.4, 0.5) is 11.4 Å². The molecular weight excluding hydrogens is 302 g/mol. The number of hydrogen-bond acceptors (Lipinski definition) is 4. The maximum atomic E-state index is 11.3. The Labute approximate surface area is 133 Å². The molecule has 1 aromatic heterocycles. The summed E-state index contributed by atoms with van der Waals surface area (Å²) in [6.07, 6.45) is 1.63. The van der Waals surface area contributed by atoms with E-state index >= 15 is 0 Å². The summed E-state index contributed by atoms with van der Waals surface area (Å²) in [5, 5.41) is 10.2. The van der Waals surface area contributed by atoms with E-state index in [0.29, 0.717) is 16.5 Å². The molecule has 7 nitrogen and oxygen atoms in total. The highest BCUT2D eigenvalue weighted by Crippen LogP contribution is 2.25. The van der Waals surface area contributed by atoms with Crippen LogP contribution >= 0.6 is 12.2 Å². The van der Waals surface area contributed by atoms with Gasteiger partial charge in [0.05, 0.1) is 18.5 Å². The molecule has 1 amide bonds. The Morgan fingerprint density at radius 3 is 2.68 bits per heavy atom. The molecule has 0 fully saturated rings. The van der Waals surface area contributed by atoms with Crippen LogP contribution in [0, 0.1) is 6.92 Å². The third-order valence-electron chi connectivity index (χ3n) is 2.91. The molecule has 0 saturated heterocycles. The SMILES string of the molecule is COc1ccc(C)cc1NC(=S)Nc1cn(C)nc1C(N)=O. The average Bonchev–Trinajstić information content (AvgIpc) is 2.80. The molecule has 2 rings (SSSR count). The molecule has 22 heavy (non-hydrogen) atoms. The molecule has 0 spiro atoms. The summed E-state index contributed by atoms with van der Waals surface area (Å²) in [7, 11) is 3.27. The molecule has 0 atom stereocenters. The number of carbonyl (C=O) groups excluding carboxylic acids is 1. The van der Waals surface area contributed by atoms with Gasteiger partial charge < -0.3 is 21.1 Å². The van der Waals surface area contributed by atoms with Crippen LogP contribution < -0.4 is 21.1 Å². The third kappa shape index (κ3) is 3.53. The zero-order valence-corrected chi connectivity index (χ0v) is 13.3. The van der Waals surface area contributed by atoms with Crippen LogP contribution in [0.25, 0.3) is 0 Å². The minimum Gasteiger partial charge on any atom is -0.495 e. The van der Waals surface area contributed by atoms with Gasteiger partial charge >= 0.3 is 0 Å². The van der Waals surface area contributed by atoms with Crippen molar-refractivity contribution < 1.29 is 9.53 Å². The summed E-state index contributed by atoms with van der Waals surface area (Å²) < 4.78 is 6.76. The van der Waals surface area contributed by atoms with Gasteiger partial charge in [0.1, 0.15) is 5.75 Å². The Balaban J connectivity index is 2.17. The second-order valence-corrected chi connectivity index (χ2v) is 5.12. The third-order valence-corrected chi connectivity index (χ3v) is 3.12. The largest absolute Gasteiger partial charge is 0.495 e. The highest BCUT2D eigenvalue weighted by molar-refractivity contribution is 7.80. The van der Waals surface area contributed by atoms with Gasteiger partial charge in [0, 0.05) is 13.2 Å². The second kappa shape index (κ2) is 6.44. The molecule has 4 N–H and O–H groups in total. The first-order valence-corrected chi connectivity index (χ1v) is 6.87. The topological polar surface area (TPSA) is 94.2 Å². The molecule has 0 unspecified atom stereocenters. The number of thiocarbonyl (C=S) groups is 1. The Morgan fingerprint density at radius 2 is 2.05 bits per heavy atom. The van der Waals surface area contributed by atoms with Crippen LogP contribution in [0.15, 0.2) is 24.4 Å². The van der Waals surface area contributed by atoms with E-state index in [1.54, 1.807) is 20.4 Å². The minimum absolute atomic E-state index is 0.128. The molecule has 116 valence electrons. The van der Waals surface area contributed by atoms with Crippen molar-refractivity contribution >= 4 is 34.6 Å². The van der Waals surface area contributed by atoms with Crippen molar-refractivity contribution in [2.45, 2.75) is 6.92 Å². The first kappa shape index (κ1) is 15.8. The smallest absolute Gasteiger partial charge is 0.271 e. The van der Waals surface area contributed by atoms with Crippen LogP contribution in [0.1, 0.15) is 16.1 Å². The molecule has 8 heteroatoms. The number of rotatable bonds is 4. The van der Waals surface area contributed by atoms with E-state index in [1.165, 1.54) is 4.68 Å². The molecule has 0 aliphatic heterocycles. The van der Waals surface area contributed by atoms with Crippen molar-refractivity contribution in [3.05, 3.63) is 35.7 Å². The van der Waals surface area contributed by atoms with Crippen LogP contribution in [-0.4, -0.2) is 27.9 Å². The highest BCUT2D eigenvalue weighted by Gasteiger charge is 2.14. The van der Waals surface area contributed by atoms with Crippen LogP contribution in [0.3, 0.4) is 0 Å². The number of nitrogens with one attached hydrogen (secondary N) is 2. The monoisotopic (exact) mass is 319 g/mol. The van der Waals surface area contributed by atoms with E-state index in [-0.39, 0.29) is 5.69 Å². The number of aromatic nitrogens is 2. The zero-order valence-electron chi connectivity index (χ0n) is 12.5. The van der Waals surface area contributed by atoms with Crippen molar-refractivity contribution in [2.75, 3.05) is 17.7 Å². The van der Waals surface area contributed by atoms with Gasteiger partial charge in [-0.05, 0) is 36.8 Å². The molecule has 0 radical (unpaired) electrons. The molecule has 0 aliphatic rings. The van der Waals surface area contributed by atoms with Crippen molar-refractivity contribution in [3.8, 4) is 5.75 Å². The van der Waals surface area contributed by atoms with Gasteiger partial charge in [-0.1, -0.05) is 6.07 Å². The van der Waals surface area contributed by atoms with E-state index < -0.39 is 5.91 Å². The fourth-order valence-corrected chi connectivity index (χ4v) is 2.18. The lowest BCUT2D eigenvalue weighted by atomic mass is 10.2. The van der Waals surface area contributed by atoms with E-state index in [9.17, 15) is 4.79 Å². The standard InChI is InChI=1S/C14H17N5O2S/c1-8-4-5-11(21-3)9(6-8)16-14(22)17-10-7-19(2)18-12(10)13(15)20/h4-7H,1-3H3,(H2,15,20)(H2,16,17,22). The second-order valence-electron chi connectivity index (χ2n) is 4.71. The minimum atomic E-state index is -0.626. The van der Waals surface area contributed by atoms with Crippen molar-refractivity contribution in [2.24, 2.45) is 12.8 Å². The zero-order chi connectivity index (χ0) is 16.3. The average molecular weight is 319 g/mol. The number of nitrogens with zero attached hydrogens (tertiary/aromatic N) is 2. The first-order chi connectivity index (χ1) is 10.4. The van der Waals surface area contributed by atoms with Crippen LogP contribution in [-0.2, 0) is 7.05 Å². The van der Waals surface area contributed by atoms with Gasteiger partial charge in [-0.3, -0.25) is 9.48 Å². The summed E-state index contributed by atoms with van der Waals surface area (Å²) in [5.41, 5.74) is 7.64. The highest BCUT2D eigenvalue weighted by atomic mass is 32.1. The maximum absolute atomic E-state index is 11.3. The number of nitrogens with two attached hydrogens (primary N) is 1. The fraction of sp³-hybridized carbons (Fsp3) is 0.214. The summed E-state index contributed by atoms with van der Waals surface area (Å²) in [6, 6.07) is 5.69. The quantitative estimate of drug-likeness (QED) is 0.742. The van der Waals surface area contributed by atoms with Crippen LogP contribution in [0.5, 0.6) is 5.75 Å². The Hall–Kier alpha value is -2.61. The molecule has 0 aliphatic carbocycles. The molecule has 1 heterocycles. The number of carbonyl (C=O) groups is 1. The number of methoxy groups -OCH3 is 1. The maximum Gasteiger partial charge on any atom is 0.271 e. The van der Waals surface area contributed by atoms with Crippen molar-refractivity contribution in [3.63, 3.8) is 0 Å². The number of aryl methyl sites for hydroxylation is 2. The van der Waals surface area contributed by atoms with Gasteiger partial charge in [-0.25, -0.2) is 0 Å². The van der Waals surface area contributed by atoms with Gasteiger partial charge in [0.2, 0.25) is 0 Å².